The largest absolute Gasteiger partial charge is 0.431 e. The Morgan fingerprint density at radius 3 is 2.90 bits per heavy atom. The molecular formula is C15H21N3O2S. The normalized spacial score (nSPS) is 12.8. The molecule has 0 aliphatic heterocycles. The van der Waals surface area contributed by atoms with E-state index in [1.165, 1.54) is 11.8 Å². The molecule has 1 atom stereocenters. The van der Waals surface area contributed by atoms with Gasteiger partial charge in [0.05, 0.1) is 5.25 Å². The number of rotatable bonds is 6. The second kappa shape index (κ2) is 6.85. The Morgan fingerprint density at radius 2 is 2.19 bits per heavy atom. The van der Waals surface area contributed by atoms with Crippen LogP contribution in [0.5, 0.6) is 0 Å². The van der Waals surface area contributed by atoms with E-state index in [1.54, 1.807) is 12.1 Å². The lowest BCUT2D eigenvalue weighted by Crippen LogP contribution is -2.32. The minimum atomic E-state index is -0.248. The van der Waals surface area contributed by atoms with Crippen LogP contribution in [-0.4, -0.2) is 22.7 Å². The minimum Gasteiger partial charge on any atom is -0.431 e. The van der Waals surface area contributed by atoms with Gasteiger partial charge in [-0.3, -0.25) is 4.79 Å². The summed E-state index contributed by atoms with van der Waals surface area (Å²) in [6.07, 6.45) is 0.977. The van der Waals surface area contributed by atoms with E-state index in [2.05, 4.69) is 24.1 Å². The average molecular weight is 307 g/mol. The first kappa shape index (κ1) is 15.7. The van der Waals surface area contributed by atoms with Gasteiger partial charge in [0.2, 0.25) is 5.91 Å². The van der Waals surface area contributed by atoms with Crippen molar-refractivity contribution in [3.63, 3.8) is 0 Å². The highest BCUT2D eigenvalue weighted by Crippen LogP contribution is 2.27. The highest BCUT2D eigenvalue weighted by Gasteiger charge is 2.17. The van der Waals surface area contributed by atoms with Crippen LogP contribution in [-0.2, 0) is 4.79 Å². The molecule has 1 aromatic carbocycles. The number of nitrogens with zero attached hydrogens (tertiary/aromatic N) is 1. The van der Waals surface area contributed by atoms with Crippen LogP contribution < -0.4 is 11.1 Å². The van der Waals surface area contributed by atoms with Crippen molar-refractivity contribution in [1.29, 1.82) is 0 Å². The summed E-state index contributed by atoms with van der Waals surface area (Å²) >= 11 is 1.31. The maximum absolute atomic E-state index is 12.0. The molecule has 2 aromatic rings. The molecule has 2 rings (SSSR count). The minimum absolute atomic E-state index is 0.00224. The Balaban J connectivity index is 1.94. The topological polar surface area (TPSA) is 81.2 Å². The molecule has 0 saturated heterocycles. The predicted molar refractivity (Wildman–Crippen MR) is 86.2 cm³/mol. The van der Waals surface area contributed by atoms with Gasteiger partial charge in [0.1, 0.15) is 5.52 Å². The molecule has 3 N–H and O–H groups in total. The number of thioether (sulfide) groups is 1. The number of aromatic nitrogens is 1. The van der Waals surface area contributed by atoms with Crippen molar-refractivity contribution in [2.75, 3.05) is 12.3 Å². The maximum Gasteiger partial charge on any atom is 0.257 e. The van der Waals surface area contributed by atoms with E-state index in [9.17, 15) is 4.79 Å². The fraction of sp³-hybridized carbons (Fsp3) is 0.467. The molecule has 0 saturated carbocycles. The van der Waals surface area contributed by atoms with E-state index in [0.717, 1.165) is 11.9 Å². The van der Waals surface area contributed by atoms with Crippen LogP contribution in [0.25, 0.3) is 11.1 Å². The number of anilines is 1. The number of hydrogen-bond donors (Lipinski definition) is 2. The van der Waals surface area contributed by atoms with Gasteiger partial charge in [-0.25, -0.2) is 4.98 Å². The van der Waals surface area contributed by atoms with E-state index in [4.69, 9.17) is 10.2 Å². The summed E-state index contributed by atoms with van der Waals surface area (Å²) in [6.45, 7) is 6.81. The fourth-order valence-electron chi connectivity index (χ4n) is 1.80. The first-order valence-corrected chi connectivity index (χ1v) is 7.94. The molecule has 6 heteroatoms. The fourth-order valence-corrected chi connectivity index (χ4v) is 2.58. The lowest BCUT2D eigenvalue weighted by Gasteiger charge is -2.10. The predicted octanol–water partition coefficient (Wildman–Crippen LogP) is 3.05. The zero-order valence-corrected chi connectivity index (χ0v) is 13.4. The number of oxazole rings is 1. The Bertz CT molecular complexity index is 624. The Kier molecular flexibility index (Phi) is 5.12. The summed E-state index contributed by atoms with van der Waals surface area (Å²) in [5, 5.41) is 3.17. The SMILES string of the molecule is CC(C)CCNC(=O)C(C)Sc1nc2ccc(N)cc2o1. The summed E-state index contributed by atoms with van der Waals surface area (Å²) in [5.41, 5.74) is 7.73. The number of amides is 1. The van der Waals surface area contributed by atoms with Gasteiger partial charge in [0.25, 0.3) is 5.22 Å². The Morgan fingerprint density at radius 1 is 1.43 bits per heavy atom. The molecule has 1 amide bonds. The average Bonchev–Trinajstić information content (AvgIpc) is 2.79. The van der Waals surface area contributed by atoms with Crippen LogP contribution in [0.3, 0.4) is 0 Å². The van der Waals surface area contributed by atoms with Crippen molar-refractivity contribution in [2.24, 2.45) is 5.92 Å². The highest BCUT2D eigenvalue weighted by atomic mass is 32.2. The molecule has 21 heavy (non-hydrogen) atoms. The molecule has 0 spiro atoms. The second-order valence-corrected chi connectivity index (χ2v) is 6.73. The van der Waals surface area contributed by atoms with Gasteiger partial charge in [-0.2, -0.15) is 0 Å². The number of hydrogen-bond acceptors (Lipinski definition) is 5. The summed E-state index contributed by atoms with van der Waals surface area (Å²) in [7, 11) is 0. The first-order valence-electron chi connectivity index (χ1n) is 7.06. The third-order valence-electron chi connectivity index (χ3n) is 3.06. The number of nitrogen functional groups attached to an aromatic ring is 1. The summed E-state index contributed by atoms with van der Waals surface area (Å²) < 4.78 is 5.60. The number of nitrogens with two attached hydrogens (primary N) is 1. The molecular weight excluding hydrogens is 286 g/mol. The third kappa shape index (κ3) is 4.39. The van der Waals surface area contributed by atoms with Crippen LogP contribution >= 0.6 is 11.8 Å². The van der Waals surface area contributed by atoms with Gasteiger partial charge < -0.3 is 15.5 Å². The molecule has 5 nitrogen and oxygen atoms in total. The van der Waals surface area contributed by atoms with Crippen molar-refractivity contribution < 1.29 is 9.21 Å². The van der Waals surface area contributed by atoms with E-state index >= 15 is 0 Å². The zero-order chi connectivity index (χ0) is 15.4. The molecule has 0 aliphatic rings. The molecule has 0 radical (unpaired) electrons. The highest BCUT2D eigenvalue weighted by molar-refractivity contribution is 8.00. The maximum atomic E-state index is 12.0. The van der Waals surface area contributed by atoms with Crippen molar-refractivity contribution in [3.8, 4) is 0 Å². The van der Waals surface area contributed by atoms with Crippen LogP contribution in [0.15, 0.2) is 27.8 Å². The summed E-state index contributed by atoms with van der Waals surface area (Å²) in [6, 6.07) is 5.33. The quantitative estimate of drug-likeness (QED) is 0.633. The van der Waals surface area contributed by atoms with Gasteiger partial charge in [-0.05, 0) is 31.4 Å². The number of carbonyl (C=O) groups excluding carboxylic acids is 1. The van der Waals surface area contributed by atoms with Crippen molar-refractivity contribution in [2.45, 2.75) is 37.7 Å². The van der Waals surface area contributed by atoms with E-state index in [1.807, 2.05) is 13.0 Å². The van der Waals surface area contributed by atoms with Crippen LogP contribution in [0.4, 0.5) is 5.69 Å². The number of nitrogens with one attached hydrogen (secondary N) is 1. The second-order valence-electron chi connectivity index (χ2n) is 5.44. The van der Waals surface area contributed by atoms with Gasteiger partial charge >= 0.3 is 0 Å². The van der Waals surface area contributed by atoms with E-state index in [0.29, 0.717) is 29.0 Å². The first-order chi connectivity index (χ1) is 9.95. The van der Waals surface area contributed by atoms with Gasteiger partial charge in [-0.15, -0.1) is 0 Å². The number of benzene rings is 1. The number of carbonyl (C=O) groups is 1. The van der Waals surface area contributed by atoms with Gasteiger partial charge in [-0.1, -0.05) is 25.6 Å². The monoisotopic (exact) mass is 307 g/mol. The molecule has 1 aromatic heterocycles. The summed E-state index contributed by atoms with van der Waals surface area (Å²) in [5.74, 6) is 0.582. The molecule has 0 bridgehead atoms. The van der Waals surface area contributed by atoms with Crippen LogP contribution in [0.2, 0.25) is 0 Å². The zero-order valence-electron chi connectivity index (χ0n) is 12.6. The Hall–Kier alpha value is -1.69. The van der Waals surface area contributed by atoms with E-state index in [-0.39, 0.29) is 11.2 Å². The van der Waals surface area contributed by atoms with Crippen LogP contribution in [0.1, 0.15) is 27.2 Å². The number of fused-ring (bicyclic) bond motifs is 1. The Labute approximate surface area is 128 Å². The van der Waals surface area contributed by atoms with Crippen molar-refractivity contribution in [1.82, 2.24) is 10.3 Å². The standard InChI is InChI=1S/C15H21N3O2S/c1-9(2)6-7-17-14(19)10(3)21-15-18-12-5-4-11(16)8-13(12)20-15/h4-5,8-10H,6-7,16H2,1-3H3,(H,17,19). The van der Waals surface area contributed by atoms with E-state index < -0.39 is 0 Å². The lowest BCUT2D eigenvalue weighted by atomic mass is 10.1. The molecule has 0 fully saturated rings. The van der Waals surface area contributed by atoms with Crippen molar-refractivity contribution >= 4 is 34.5 Å². The molecule has 1 heterocycles. The van der Waals surface area contributed by atoms with Gasteiger partial charge in [0, 0.05) is 18.3 Å². The molecule has 114 valence electrons. The molecule has 1 unspecified atom stereocenters. The van der Waals surface area contributed by atoms with Crippen molar-refractivity contribution in [3.05, 3.63) is 18.2 Å². The molecule has 0 aliphatic carbocycles. The third-order valence-corrected chi connectivity index (χ3v) is 4.00. The lowest BCUT2D eigenvalue weighted by molar-refractivity contribution is -0.120. The van der Waals surface area contributed by atoms with Crippen LogP contribution in [0, 0.1) is 5.92 Å². The summed E-state index contributed by atoms with van der Waals surface area (Å²) in [4.78, 5) is 16.3. The van der Waals surface area contributed by atoms with Gasteiger partial charge in [0.15, 0.2) is 5.58 Å². The smallest absolute Gasteiger partial charge is 0.257 e.